The molecule has 0 aromatic rings. The van der Waals surface area contributed by atoms with Crippen molar-refractivity contribution in [3.05, 3.63) is 0 Å². The average molecular weight is 308 g/mol. The number of aliphatic hydroxyl groups excluding tert-OH is 1. The smallest absolute Gasteiger partial charge is 0.317 e. The predicted molar refractivity (Wildman–Crippen MR) is 71.1 cm³/mol. The lowest BCUT2D eigenvalue weighted by Crippen LogP contribution is -2.45. The van der Waals surface area contributed by atoms with Gasteiger partial charge in [0.1, 0.15) is 0 Å². The Labute approximate surface area is 122 Å². The van der Waals surface area contributed by atoms with Crippen molar-refractivity contribution < 1.29 is 28.6 Å². The van der Waals surface area contributed by atoms with E-state index in [0.717, 1.165) is 4.90 Å². The van der Waals surface area contributed by atoms with Crippen molar-refractivity contribution >= 4 is 12.0 Å². The molecule has 1 fully saturated rings. The molecular weight excluding hydrogens is 286 g/mol. The lowest BCUT2D eigenvalue weighted by atomic mass is 9.82. The van der Waals surface area contributed by atoms with Gasteiger partial charge in [-0.25, -0.2) is 13.6 Å². The van der Waals surface area contributed by atoms with Crippen LogP contribution in [0.1, 0.15) is 25.7 Å². The highest BCUT2D eigenvalue weighted by atomic mass is 19.3. The van der Waals surface area contributed by atoms with Crippen LogP contribution in [0.25, 0.3) is 0 Å². The summed E-state index contributed by atoms with van der Waals surface area (Å²) in [5.74, 6) is -0.933. The maximum atomic E-state index is 12.3. The lowest BCUT2D eigenvalue weighted by Gasteiger charge is -2.28. The lowest BCUT2D eigenvalue weighted by molar-refractivity contribution is -0.143. The van der Waals surface area contributed by atoms with Crippen LogP contribution in [0.15, 0.2) is 0 Å². The zero-order chi connectivity index (χ0) is 15.8. The zero-order valence-corrected chi connectivity index (χ0v) is 11.8. The Morgan fingerprint density at radius 1 is 1.24 bits per heavy atom. The molecule has 0 saturated heterocycles. The van der Waals surface area contributed by atoms with Gasteiger partial charge in [-0.3, -0.25) is 4.79 Å². The first-order valence-electron chi connectivity index (χ1n) is 7.08. The van der Waals surface area contributed by atoms with Gasteiger partial charge >= 0.3 is 12.0 Å². The number of alkyl halides is 2. The molecule has 2 amide bonds. The molecule has 0 heterocycles. The van der Waals surface area contributed by atoms with Gasteiger partial charge in [-0.1, -0.05) is 0 Å². The molecule has 0 radical (unpaired) electrons. The molecule has 0 unspecified atom stereocenters. The molecule has 0 aliphatic heterocycles. The molecule has 122 valence electrons. The number of nitrogens with zero attached hydrogens (tertiary/aromatic N) is 1. The second kappa shape index (κ2) is 8.76. The first-order chi connectivity index (χ1) is 9.93. The molecule has 21 heavy (non-hydrogen) atoms. The number of carboxylic acids is 1. The van der Waals surface area contributed by atoms with Crippen LogP contribution in [0.4, 0.5) is 13.6 Å². The van der Waals surface area contributed by atoms with Crippen molar-refractivity contribution in [1.82, 2.24) is 10.2 Å². The minimum atomic E-state index is -2.65. The fourth-order valence-electron chi connectivity index (χ4n) is 2.52. The topological polar surface area (TPSA) is 89.9 Å². The highest BCUT2D eigenvalue weighted by Crippen LogP contribution is 2.28. The van der Waals surface area contributed by atoms with Crippen LogP contribution >= 0.6 is 0 Å². The molecule has 0 spiro atoms. The first kappa shape index (κ1) is 17.6. The summed E-state index contributed by atoms with van der Waals surface area (Å²) in [6.07, 6.45) is -0.0908. The summed E-state index contributed by atoms with van der Waals surface area (Å²) in [4.78, 5) is 23.5. The number of aliphatic hydroxyl groups is 1. The number of carbonyl (C=O) groups is 2. The second-order valence-electron chi connectivity index (χ2n) is 5.30. The van der Waals surface area contributed by atoms with Crippen LogP contribution in [-0.4, -0.2) is 59.8 Å². The minimum absolute atomic E-state index is 0.137. The summed E-state index contributed by atoms with van der Waals surface area (Å²) in [6.45, 7) is -0.875. The van der Waals surface area contributed by atoms with Crippen LogP contribution in [0.5, 0.6) is 0 Å². The maximum Gasteiger partial charge on any atom is 0.317 e. The highest BCUT2D eigenvalue weighted by Gasteiger charge is 2.26. The molecule has 1 rings (SSSR count). The molecular formula is C13H22F2N2O4. The van der Waals surface area contributed by atoms with Gasteiger partial charge in [-0.2, -0.15) is 0 Å². The van der Waals surface area contributed by atoms with E-state index in [2.05, 4.69) is 5.32 Å². The summed E-state index contributed by atoms with van der Waals surface area (Å²) < 4.78 is 24.6. The van der Waals surface area contributed by atoms with Gasteiger partial charge < -0.3 is 20.4 Å². The van der Waals surface area contributed by atoms with Crippen LogP contribution in [0, 0.1) is 11.8 Å². The van der Waals surface area contributed by atoms with Gasteiger partial charge in [0.2, 0.25) is 0 Å². The standard InChI is InChI=1S/C13H22F2N2O4/c14-11(15)8-17(5-6-18)13(21)16-7-9-1-3-10(4-2-9)12(19)20/h9-11,18H,1-8H2,(H,16,21)(H,19,20). The van der Waals surface area contributed by atoms with Crippen LogP contribution in [-0.2, 0) is 4.79 Å². The molecule has 0 atom stereocenters. The van der Waals surface area contributed by atoms with E-state index in [4.69, 9.17) is 10.2 Å². The van der Waals surface area contributed by atoms with E-state index in [1.165, 1.54) is 0 Å². The first-order valence-corrected chi connectivity index (χ1v) is 7.08. The molecule has 8 heteroatoms. The number of nitrogens with one attached hydrogen (secondary N) is 1. The quantitative estimate of drug-likeness (QED) is 0.658. The van der Waals surface area contributed by atoms with Crippen molar-refractivity contribution in [1.29, 1.82) is 0 Å². The van der Waals surface area contributed by atoms with Gasteiger partial charge in [0.25, 0.3) is 6.43 Å². The number of halogens is 2. The number of rotatable bonds is 7. The Bertz CT molecular complexity index is 347. The molecule has 0 aromatic carbocycles. The summed E-state index contributed by atoms with van der Waals surface area (Å²) in [7, 11) is 0. The second-order valence-corrected chi connectivity index (χ2v) is 5.30. The van der Waals surface area contributed by atoms with Crippen LogP contribution < -0.4 is 5.32 Å². The zero-order valence-electron chi connectivity index (χ0n) is 11.8. The number of carboxylic acid groups (broad SMARTS) is 1. The Balaban J connectivity index is 2.33. The van der Waals surface area contributed by atoms with Crippen molar-refractivity contribution in [3.63, 3.8) is 0 Å². The summed E-state index contributed by atoms with van der Waals surface area (Å²) in [5.41, 5.74) is 0. The number of hydrogen-bond acceptors (Lipinski definition) is 3. The predicted octanol–water partition coefficient (Wildman–Crippen LogP) is 1.15. The minimum Gasteiger partial charge on any atom is -0.481 e. The van der Waals surface area contributed by atoms with E-state index in [9.17, 15) is 18.4 Å². The van der Waals surface area contributed by atoms with Gasteiger partial charge in [-0.15, -0.1) is 0 Å². The van der Waals surface area contributed by atoms with Gasteiger partial charge in [0.15, 0.2) is 0 Å². The van der Waals surface area contributed by atoms with Crippen molar-refractivity contribution in [2.24, 2.45) is 11.8 Å². The van der Waals surface area contributed by atoms with Crippen LogP contribution in [0.2, 0.25) is 0 Å². The van der Waals surface area contributed by atoms with E-state index < -0.39 is 25.0 Å². The van der Waals surface area contributed by atoms with Crippen molar-refractivity contribution in [2.75, 3.05) is 26.2 Å². The fraction of sp³-hybridized carbons (Fsp3) is 0.846. The Hall–Kier alpha value is -1.44. The summed E-state index contributed by atoms with van der Waals surface area (Å²) in [5, 5.41) is 20.2. The number of urea groups is 1. The van der Waals surface area contributed by atoms with Gasteiger partial charge in [0.05, 0.1) is 19.1 Å². The maximum absolute atomic E-state index is 12.3. The molecule has 1 aliphatic carbocycles. The van der Waals surface area contributed by atoms with E-state index in [-0.39, 0.29) is 25.0 Å². The number of aliphatic carboxylic acids is 1. The molecule has 1 aliphatic rings. The van der Waals surface area contributed by atoms with Gasteiger partial charge in [-0.05, 0) is 31.6 Å². The average Bonchev–Trinajstić information content (AvgIpc) is 2.44. The fourth-order valence-corrected chi connectivity index (χ4v) is 2.52. The van der Waals surface area contributed by atoms with Gasteiger partial charge in [0, 0.05) is 13.1 Å². The van der Waals surface area contributed by atoms with Crippen molar-refractivity contribution in [2.45, 2.75) is 32.1 Å². The third-order valence-electron chi connectivity index (χ3n) is 3.75. The molecule has 1 saturated carbocycles. The highest BCUT2D eigenvalue weighted by molar-refractivity contribution is 5.74. The van der Waals surface area contributed by atoms with Crippen molar-refractivity contribution in [3.8, 4) is 0 Å². The Morgan fingerprint density at radius 3 is 2.33 bits per heavy atom. The normalized spacial score (nSPS) is 22.1. The van der Waals surface area contributed by atoms with E-state index in [1.54, 1.807) is 0 Å². The molecule has 0 aromatic heterocycles. The number of hydrogen-bond donors (Lipinski definition) is 3. The van der Waals surface area contributed by atoms with E-state index >= 15 is 0 Å². The number of amides is 2. The molecule has 6 nitrogen and oxygen atoms in total. The Morgan fingerprint density at radius 2 is 1.86 bits per heavy atom. The van der Waals surface area contributed by atoms with Crippen LogP contribution in [0.3, 0.4) is 0 Å². The molecule has 3 N–H and O–H groups in total. The number of carbonyl (C=O) groups excluding carboxylic acids is 1. The van der Waals surface area contributed by atoms with E-state index in [0.29, 0.717) is 32.2 Å². The Kier molecular flexibility index (Phi) is 7.35. The molecule has 0 bridgehead atoms. The van der Waals surface area contributed by atoms with E-state index in [1.807, 2.05) is 0 Å². The monoisotopic (exact) mass is 308 g/mol. The third-order valence-corrected chi connectivity index (χ3v) is 3.75. The summed E-state index contributed by atoms with van der Waals surface area (Å²) in [6, 6.07) is -0.621. The third kappa shape index (κ3) is 6.24. The SMILES string of the molecule is O=C(O)C1CCC(CNC(=O)N(CCO)CC(F)F)CC1. The largest absolute Gasteiger partial charge is 0.481 e. The summed E-state index contributed by atoms with van der Waals surface area (Å²) >= 11 is 0.